The Labute approximate surface area is 111 Å². The molecule has 2 aromatic rings. The maximum atomic E-state index is 12.2. The molecule has 0 aliphatic carbocycles. The van der Waals surface area contributed by atoms with E-state index in [1.165, 1.54) is 0 Å². The Hall–Kier alpha value is -2.30. The summed E-state index contributed by atoms with van der Waals surface area (Å²) < 4.78 is 0. The predicted octanol–water partition coefficient (Wildman–Crippen LogP) is 2.31. The first-order valence-electron chi connectivity index (χ1n) is 6.37. The standard InChI is InChI=1S/C14H16N4O/c1-10-4-2-3-5-11(10)17-14(19)18-7-6-12-13(8-18)16-9-15-12/h2-5,9H,6-8H2,1H3,(H,15,16)(H,17,19). The fraction of sp³-hybridized carbons (Fsp3) is 0.286. The second-order valence-corrected chi connectivity index (χ2v) is 4.74. The first kappa shape index (κ1) is 11.8. The Balaban J connectivity index is 1.71. The fourth-order valence-corrected chi connectivity index (χ4v) is 2.29. The van der Waals surface area contributed by atoms with E-state index in [1.807, 2.05) is 31.2 Å². The van der Waals surface area contributed by atoms with E-state index in [2.05, 4.69) is 15.3 Å². The van der Waals surface area contributed by atoms with Crippen molar-refractivity contribution >= 4 is 11.7 Å². The number of benzene rings is 1. The molecule has 5 heteroatoms. The number of para-hydroxylation sites is 1. The lowest BCUT2D eigenvalue weighted by Gasteiger charge is -2.26. The first-order valence-corrected chi connectivity index (χ1v) is 6.37. The van der Waals surface area contributed by atoms with Crippen LogP contribution in [0.2, 0.25) is 0 Å². The highest BCUT2D eigenvalue weighted by Crippen LogP contribution is 2.18. The number of carbonyl (C=O) groups is 1. The maximum Gasteiger partial charge on any atom is 0.322 e. The summed E-state index contributed by atoms with van der Waals surface area (Å²) in [6.07, 6.45) is 2.49. The number of rotatable bonds is 1. The van der Waals surface area contributed by atoms with Crippen LogP contribution in [0.4, 0.5) is 10.5 Å². The number of aryl methyl sites for hydroxylation is 1. The summed E-state index contributed by atoms with van der Waals surface area (Å²) in [5, 5.41) is 2.96. The number of aromatic nitrogens is 2. The summed E-state index contributed by atoms with van der Waals surface area (Å²) in [5.74, 6) is 0. The summed E-state index contributed by atoms with van der Waals surface area (Å²) in [6.45, 7) is 3.28. The molecule has 0 atom stereocenters. The van der Waals surface area contributed by atoms with E-state index < -0.39 is 0 Å². The number of hydrogen-bond acceptors (Lipinski definition) is 2. The Bertz CT molecular complexity index is 605. The minimum absolute atomic E-state index is 0.0606. The molecule has 2 heterocycles. The van der Waals surface area contributed by atoms with Crippen molar-refractivity contribution in [1.29, 1.82) is 0 Å². The van der Waals surface area contributed by atoms with Crippen LogP contribution in [-0.2, 0) is 13.0 Å². The van der Waals surface area contributed by atoms with Crippen molar-refractivity contribution in [2.45, 2.75) is 19.9 Å². The predicted molar refractivity (Wildman–Crippen MR) is 72.9 cm³/mol. The minimum atomic E-state index is -0.0606. The van der Waals surface area contributed by atoms with Crippen molar-refractivity contribution in [1.82, 2.24) is 14.9 Å². The van der Waals surface area contributed by atoms with Crippen molar-refractivity contribution < 1.29 is 4.79 Å². The van der Waals surface area contributed by atoms with Crippen LogP contribution in [0, 0.1) is 6.92 Å². The molecule has 0 fully saturated rings. The van der Waals surface area contributed by atoms with Crippen LogP contribution in [0.1, 0.15) is 17.0 Å². The van der Waals surface area contributed by atoms with E-state index in [0.29, 0.717) is 13.1 Å². The molecule has 2 N–H and O–H groups in total. The van der Waals surface area contributed by atoms with Gasteiger partial charge in [-0.05, 0) is 18.6 Å². The lowest BCUT2D eigenvalue weighted by atomic mass is 10.1. The smallest absolute Gasteiger partial charge is 0.322 e. The number of anilines is 1. The van der Waals surface area contributed by atoms with Gasteiger partial charge >= 0.3 is 6.03 Å². The van der Waals surface area contributed by atoms with E-state index in [1.54, 1.807) is 11.2 Å². The zero-order chi connectivity index (χ0) is 13.2. The molecule has 0 radical (unpaired) electrons. The van der Waals surface area contributed by atoms with Gasteiger partial charge in [0.25, 0.3) is 0 Å². The molecule has 19 heavy (non-hydrogen) atoms. The molecule has 0 saturated carbocycles. The number of nitrogens with zero attached hydrogens (tertiary/aromatic N) is 2. The largest absolute Gasteiger partial charge is 0.347 e. The first-order chi connectivity index (χ1) is 9.24. The van der Waals surface area contributed by atoms with Gasteiger partial charge in [0, 0.05) is 18.7 Å². The Kier molecular flexibility index (Phi) is 2.95. The SMILES string of the molecule is Cc1ccccc1NC(=O)N1CCc2nc[nH]c2C1. The third-order valence-electron chi connectivity index (χ3n) is 3.45. The van der Waals surface area contributed by atoms with Crippen LogP contribution in [0.5, 0.6) is 0 Å². The number of H-pyrrole nitrogens is 1. The number of nitrogens with one attached hydrogen (secondary N) is 2. The lowest BCUT2D eigenvalue weighted by Crippen LogP contribution is -2.39. The zero-order valence-corrected chi connectivity index (χ0v) is 10.8. The molecule has 1 aliphatic rings. The lowest BCUT2D eigenvalue weighted by molar-refractivity contribution is 0.205. The number of fused-ring (bicyclic) bond motifs is 1. The van der Waals surface area contributed by atoms with Gasteiger partial charge in [-0.2, -0.15) is 0 Å². The molecule has 0 spiro atoms. The number of urea groups is 1. The molecule has 0 unspecified atom stereocenters. The van der Waals surface area contributed by atoms with Gasteiger partial charge in [0.1, 0.15) is 0 Å². The summed E-state index contributed by atoms with van der Waals surface area (Å²) in [4.78, 5) is 21.4. The summed E-state index contributed by atoms with van der Waals surface area (Å²) >= 11 is 0. The number of amides is 2. The quantitative estimate of drug-likeness (QED) is 0.822. The third kappa shape index (κ3) is 2.31. The monoisotopic (exact) mass is 256 g/mol. The fourth-order valence-electron chi connectivity index (χ4n) is 2.29. The van der Waals surface area contributed by atoms with Gasteiger partial charge in [-0.25, -0.2) is 9.78 Å². The molecule has 2 amide bonds. The average molecular weight is 256 g/mol. The maximum absolute atomic E-state index is 12.2. The van der Waals surface area contributed by atoms with Crippen molar-refractivity contribution in [2.75, 3.05) is 11.9 Å². The van der Waals surface area contributed by atoms with Crippen molar-refractivity contribution in [2.24, 2.45) is 0 Å². The molecule has 3 rings (SSSR count). The molecule has 1 aromatic carbocycles. The Morgan fingerprint density at radius 1 is 1.42 bits per heavy atom. The van der Waals surface area contributed by atoms with Gasteiger partial charge in [0.15, 0.2) is 0 Å². The van der Waals surface area contributed by atoms with E-state index in [0.717, 1.165) is 29.1 Å². The van der Waals surface area contributed by atoms with E-state index in [-0.39, 0.29) is 6.03 Å². The van der Waals surface area contributed by atoms with Crippen LogP contribution < -0.4 is 5.32 Å². The summed E-state index contributed by atoms with van der Waals surface area (Å²) in [6, 6.07) is 7.72. The van der Waals surface area contributed by atoms with Crippen LogP contribution in [0.15, 0.2) is 30.6 Å². The van der Waals surface area contributed by atoms with E-state index in [9.17, 15) is 4.79 Å². The highest BCUT2D eigenvalue weighted by atomic mass is 16.2. The molecule has 1 aromatic heterocycles. The van der Waals surface area contributed by atoms with Gasteiger partial charge < -0.3 is 15.2 Å². The minimum Gasteiger partial charge on any atom is -0.347 e. The summed E-state index contributed by atoms with van der Waals surface area (Å²) in [7, 11) is 0. The van der Waals surface area contributed by atoms with Gasteiger partial charge in [0.2, 0.25) is 0 Å². The van der Waals surface area contributed by atoms with Gasteiger partial charge in [0.05, 0.1) is 24.3 Å². The number of aromatic amines is 1. The molecule has 0 bridgehead atoms. The molecule has 98 valence electrons. The number of carbonyl (C=O) groups excluding carboxylic acids is 1. The third-order valence-corrected chi connectivity index (χ3v) is 3.45. The summed E-state index contributed by atoms with van der Waals surface area (Å²) in [5.41, 5.74) is 4.03. The van der Waals surface area contributed by atoms with Gasteiger partial charge in [-0.1, -0.05) is 18.2 Å². The highest BCUT2D eigenvalue weighted by Gasteiger charge is 2.22. The van der Waals surface area contributed by atoms with E-state index in [4.69, 9.17) is 0 Å². The normalized spacial score (nSPS) is 14.1. The Morgan fingerprint density at radius 2 is 2.26 bits per heavy atom. The topological polar surface area (TPSA) is 61.0 Å². The van der Waals surface area contributed by atoms with Crippen LogP contribution in [0.3, 0.4) is 0 Å². The number of imidazole rings is 1. The molecule has 1 aliphatic heterocycles. The van der Waals surface area contributed by atoms with E-state index >= 15 is 0 Å². The second-order valence-electron chi connectivity index (χ2n) is 4.74. The molecular weight excluding hydrogens is 240 g/mol. The molecule has 0 saturated heterocycles. The van der Waals surface area contributed by atoms with Crippen molar-refractivity contribution in [3.8, 4) is 0 Å². The zero-order valence-electron chi connectivity index (χ0n) is 10.8. The molecule has 5 nitrogen and oxygen atoms in total. The Morgan fingerprint density at radius 3 is 3.11 bits per heavy atom. The van der Waals surface area contributed by atoms with Crippen molar-refractivity contribution in [3.63, 3.8) is 0 Å². The van der Waals surface area contributed by atoms with Crippen molar-refractivity contribution in [3.05, 3.63) is 47.5 Å². The average Bonchev–Trinajstić information content (AvgIpc) is 2.88. The van der Waals surface area contributed by atoms with Crippen LogP contribution in [0.25, 0.3) is 0 Å². The van der Waals surface area contributed by atoms with Crippen LogP contribution >= 0.6 is 0 Å². The number of hydrogen-bond donors (Lipinski definition) is 2. The highest BCUT2D eigenvalue weighted by molar-refractivity contribution is 5.90. The molecular formula is C14H16N4O. The second kappa shape index (κ2) is 4.76. The van der Waals surface area contributed by atoms with Crippen LogP contribution in [-0.4, -0.2) is 27.4 Å². The van der Waals surface area contributed by atoms with Gasteiger partial charge in [-0.15, -0.1) is 0 Å². The van der Waals surface area contributed by atoms with Gasteiger partial charge in [-0.3, -0.25) is 0 Å².